The van der Waals surface area contributed by atoms with Crippen molar-refractivity contribution in [1.82, 2.24) is 10.3 Å². The molecule has 1 saturated heterocycles. The van der Waals surface area contributed by atoms with Crippen molar-refractivity contribution < 1.29 is 5.11 Å². The highest BCUT2D eigenvalue weighted by atomic mass is 16.3. The van der Waals surface area contributed by atoms with Gasteiger partial charge in [0.1, 0.15) is 0 Å². The van der Waals surface area contributed by atoms with Gasteiger partial charge in [-0.25, -0.2) is 0 Å². The Hall–Kier alpha value is -1.13. The predicted molar refractivity (Wildman–Crippen MR) is 59.4 cm³/mol. The number of hydrogen-bond acceptors (Lipinski definition) is 4. The van der Waals surface area contributed by atoms with Crippen molar-refractivity contribution in [3.63, 3.8) is 0 Å². The van der Waals surface area contributed by atoms with Crippen molar-refractivity contribution in [3.05, 3.63) is 24.0 Å². The number of aliphatic hydroxyl groups is 1. The van der Waals surface area contributed by atoms with E-state index in [9.17, 15) is 5.11 Å². The van der Waals surface area contributed by atoms with E-state index in [1.54, 1.807) is 12.4 Å². The van der Waals surface area contributed by atoms with Gasteiger partial charge in [0, 0.05) is 19.2 Å². The standard InChI is InChI=1S/C11H17N3O/c12-10-7-13-5-2-9(10)6-11(15)3-1-4-14-8-11/h2,5,7,14-15H,1,3-4,6,8,12H2. The molecule has 4 nitrogen and oxygen atoms in total. The fourth-order valence-corrected chi connectivity index (χ4v) is 2.05. The van der Waals surface area contributed by atoms with Crippen LogP contribution in [0.5, 0.6) is 0 Å². The Kier molecular flexibility index (Phi) is 2.88. The Labute approximate surface area is 89.5 Å². The maximum atomic E-state index is 10.3. The summed E-state index contributed by atoms with van der Waals surface area (Å²) in [7, 11) is 0. The van der Waals surface area contributed by atoms with Crippen LogP contribution in [0.3, 0.4) is 0 Å². The van der Waals surface area contributed by atoms with Gasteiger partial charge in [-0.2, -0.15) is 0 Å². The first-order valence-electron chi connectivity index (χ1n) is 5.31. The van der Waals surface area contributed by atoms with Gasteiger partial charge in [-0.1, -0.05) is 0 Å². The maximum absolute atomic E-state index is 10.3. The lowest BCUT2D eigenvalue weighted by molar-refractivity contribution is 0.0171. The molecule has 1 aromatic heterocycles. The van der Waals surface area contributed by atoms with E-state index in [0.29, 0.717) is 18.7 Å². The van der Waals surface area contributed by atoms with E-state index in [0.717, 1.165) is 24.9 Å². The van der Waals surface area contributed by atoms with Gasteiger partial charge in [0.05, 0.1) is 17.5 Å². The molecule has 4 heteroatoms. The molecular formula is C11H17N3O. The number of aromatic nitrogens is 1. The highest BCUT2D eigenvalue weighted by Crippen LogP contribution is 2.23. The molecule has 1 aliphatic rings. The molecule has 0 radical (unpaired) electrons. The minimum atomic E-state index is -0.645. The lowest BCUT2D eigenvalue weighted by Crippen LogP contribution is -2.47. The summed E-state index contributed by atoms with van der Waals surface area (Å²) in [6, 6.07) is 1.88. The zero-order valence-electron chi connectivity index (χ0n) is 8.74. The van der Waals surface area contributed by atoms with Gasteiger partial charge < -0.3 is 16.2 Å². The SMILES string of the molecule is Nc1cnccc1CC1(O)CCCNC1. The molecule has 1 fully saturated rings. The van der Waals surface area contributed by atoms with E-state index in [1.807, 2.05) is 6.07 Å². The Morgan fingerprint density at radius 2 is 2.47 bits per heavy atom. The van der Waals surface area contributed by atoms with Crippen molar-refractivity contribution >= 4 is 5.69 Å². The minimum Gasteiger partial charge on any atom is -0.397 e. The molecule has 15 heavy (non-hydrogen) atoms. The van der Waals surface area contributed by atoms with Crippen molar-refractivity contribution in [3.8, 4) is 0 Å². The number of β-amino-alcohol motifs (C(OH)–C–C–N with tert-alkyl or cyclic N) is 1. The van der Waals surface area contributed by atoms with Gasteiger partial charge in [0.25, 0.3) is 0 Å². The molecule has 0 amide bonds. The summed E-state index contributed by atoms with van der Waals surface area (Å²) in [6.07, 6.45) is 5.80. The average Bonchev–Trinajstić information content (AvgIpc) is 2.22. The topological polar surface area (TPSA) is 71.2 Å². The highest BCUT2D eigenvalue weighted by molar-refractivity contribution is 5.44. The molecule has 0 bridgehead atoms. The molecule has 2 heterocycles. The van der Waals surface area contributed by atoms with Crippen molar-refractivity contribution in [2.45, 2.75) is 24.9 Å². The van der Waals surface area contributed by atoms with Crippen LogP contribution in [0, 0.1) is 0 Å². The lowest BCUT2D eigenvalue weighted by Gasteiger charge is -2.33. The summed E-state index contributed by atoms with van der Waals surface area (Å²) in [5.41, 5.74) is 6.80. The minimum absolute atomic E-state index is 0.606. The zero-order valence-corrected chi connectivity index (χ0v) is 8.74. The molecule has 1 atom stereocenters. The van der Waals surface area contributed by atoms with Crippen LogP contribution in [-0.2, 0) is 6.42 Å². The quantitative estimate of drug-likeness (QED) is 0.653. The fraction of sp³-hybridized carbons (Fsp3) is 0.545. The molecule has 82 valence electrons. The van der Waals surface area contributed by atoms with Crippen LogP contribution < -0.4 is 11.1 Å². The van der Waals surface area contributed by atoms with E-state index in [1.165, 1.54) is 0 Å². The van der Waals surface area contributed by atoms with Gasteiger partial charge in [0.15, 0.2) is 0 Å². The molecule has 0 saturated carbocycles. The lowest BCUT2D eigenvalue weighted by atomic mass is 9.87. The number of piperidine rings is 1. The van der Waals surface area contributed by atoms with Crippen LogP contribution in [0.15, 0.2) is 18.5 Å². The first-order chi connectivity index (χ1) is 7.20. The average molecular weight is 207 g/mol. The van der Waals surface area contributed by atoms with E-state index in [4.69, 9.17) is 5.73 Å². The number of rotatable bonds is 2. The van der Waals surface area contributed by atoms with E-state index in [-0.39, 0.29) is 0 Å². The van der Waals surface area contributed by atoms with Crippen LogP contribution in [0.1, 0.15) is 18.4 Å². The smallest absolute Gasteiger partial charge is 0.0812 e. The van der Waals surface area contributed by atoms with Crippen LogP contribution in [0.25, 0.3) is 0 Å². The third kappa shape index (κ3) is 2.46. The van der Waals surface area contributed by atoms with E-state index < -0.39 is 5.60 Å². The van der Waals surface area contributed by atoms with Gasteiger partial charge >= 0.3 is 0 Å². The number of nitrogen functional groups attached to an aromatic ring is 1. The van der Waals surface area contributed by atoms with Crippen molar-refractivity contribution in [2.75, 3.05) is 18.8 Å². The largest absolute Gasteiger partial charge is 0.397 e. The first-order valence-corrected chi connectivity index (χ1v) is 5.31. The third-order valence-electron chi connectivity index (χ3n) is 2.92. The van der Waals surface area contributed by atoms with E-state index >= 15 is 0 Å². The van der Waals surface area contributed by atoms with Gasteiger partial charge in [-0.3, -0.25) is 4.98 Å². The molecule has 1 unspecified atom stereocenters. The second-order valence-corrected chi connectivity index (χ2v) is 4.26. The number of anilines is 1. The van der Waals surface area contributed by atoms with Crippen LogP contribution in [-0.4, -0.2) is 28.8 Å². The molecule has 1 aromatic rings. The van der Waals surface area contributed by atoms with Gasteiger partial charge in [-0.15, -0.1) is 0 Å². The second-order valence-electron chi connectivity index (χ2n) is 4.26. The fourth-order valence-electron chi connectivity index (χ4n) is 2.05. The molecule has 0 aliphatic carbocycles. The summed E-state index contributed by atoms with van der Waals surface area (Å²) < 4.78 is 0. The highest BCUT2D eigenvalue weighted by Gasteiger charge is 2.29. The molecule has 4 N–H and O–H groups in total. The van der Waals surface area contributed by atoms with Crippen molar-refractivity contribution in [1.29, 1.82) is 0 Å². The number of nitrogens with one attached hydrogen (secondary N) is 1. The second kappa shape index (κ2) is 4.16. The number of nitrogens with two attached hydrogens (primary N) is 1. The summed E-state index contributed by atoms with van der Waals surface area (Å²) >= 11 is 0. The zero-order chi connectivity index (χ0) is 10.7. The third-order valence-corrected chi connectivity index (χ3v) is 2.92. The summed E-state index contributed by atoms with van der Waals surface area (Å²) in [4.78, 5) is 3.94. The molecule has 0 spiro atoms. The summed E-state index contributed by atoms with van der Waals surface area (Å²) in [6.45, 7) is 1.64. The predicted octanol–water partition coefficient (Wildman–Crippen LogP) is 0.321. The molecule has 2 rings (SSSR count). The summed E-state index contributed by atoms with van der Waals surface area (Å²) in [5.74, 6) is 0. The monoisotopic (exact) mass is 207 g/mol. The maximum Gasteiger partial charge on any atom is 0.0812 e. The van der Waals surface area contributed by atoms with Gasteiger partial charge in [0.2, 0.25) is 0 Å². The Morgan fingerprint density at radius 3 is 3.13 bits per heavy atom. The molecule has 0 aromatic carbocycles. The molecular weight excluding hydrogens is 190 g/mol. The number of hydrogen-bond donors (Lipinski definition) is 3. The van der Waals surface area contributed by atoms with Crippen LogP contribution in [0.4, 0.5) is 5.69 Å². The van der Waals surface area contributed by atoms with Gasteiger partial charge in [-0.05, 0) is 31.0 Å². The van der Waals surface area contributed by atoms with Crippen LogP contribution in [0.2, 0.25) is 0 Å². The normalized spacial score (nSPS) is 26.5. The van der Waals surface area contributed by atoms with Crippen LogP contribution >= 0.6 is 0 Å². The Balaban J connectivity index is 2.10. The summed E-state index contributed by atoms with van der Waals surface area (Å²) in [5, 5.41) is 13.5. The van der Waals surface area contributed by atoms with Crippen molar-refractivity contribution in [2.24, 2.45) is 0 Å². The Morgan fingerprint density at radius 1 is 1.60 bits per heavy atom. The van der Waals surface area contributed by atoms with E-state index in [2.05, 4.69) is 10.3 Å². The number of pyridine rings is 1. The molecule has 1 aliphatic heterocycles. The Bertz CT molecular complexity index is 334. The first kappa shape index (κ1) is 10.4. The number of nitrogens with zero attached hydrogens (tertiary/aromatic N) is 1.